The molecule has 22 heavy (non-hydrogen) atoms. The van der Waals surface area contributed by atoms with E-state index >= 15 is 0 Å². The summed E-state index contributed by atoms with van der Waals surface area (Å²) in [4.78, 5) is 6.39. The summed E-state index contributed by atoms with van der Waals surface area (Å²) in [7, 11) is 1.97. The molecule has 2 heterocycles. The number of hydrogen-bond acceptors (Lipinski definition) is 3. The lowest BCUT2D eigenvalue weighted by atomic mass is 9.92. The van der Waals surface area contributed by atoms with Crippen LogP contribution in [-0.4, -0.2) is 38.2 Å². The Morgan fingerprint density at radius 2 is 2.18 bits per heavy atom. The van der Waals surface area contributed by atoms with Crippen LogP contribution in [-0.2, 0) is 20.0 Å². The highest BCUT2D eigenvalue weighted by atomic mass is 19.1. The molecule has 0 spiro atoms. The second kappa shape index (κ2) is 6.58. The quantitative estimate of drug-likeness (QED) is 0.941. The monoisotopic (exact) mass is 303 g/mol. The van der Waals surface area contributed by atoms with Gasteiger partial charge in [-0.05, 0) is 37.4 Å². The van der Waals surface area contributed by atoms with E-state index in [1.807, 2.05) is 23.9 Å². The highest BCUT2D eigenvalue weighted by Crippen LogP contribution is 2.24. The first-order valence-corrected chi connectivity index (χ1v) is 7.76. The summed E-state index contributed by atoms with van der Waals surface area (Å²) in [5.41, 5.74) is 1.77. The van der Waals surface area contributed by atoms with E-state index in [4.69, 9.17) is 0 Å². The molecule has 1 aromatic carbocycles. The van der Waals surface area contributed by atoms with Crippen molar-refractivity contribution in [3.05, 3.63) is 53.9 Å². The lowest BCUT2D eigenvalue weighted by Crippen LogP contribution is -2.49. The van der Waals surface area contributed by atoms with Gasteiger partial charge in [0.2, 0.25) is 0 Å². The first-order valence-electron chi connectivity index (χ1n) is 7.76. The van der Waals surface area contributed by atoms with Gasteiger partial charge in [-0.15, -0.1) is 0 Å². The standard InChI is InChI=1S/C17H22FN3O/c1-20-12-19-10-14(20)11-21-8-4-7-17(22)16(21)9-13-5-2-3-6-15(13)18/h2-3,5-6,10,12,16-17,22H,4,7-9,11H2,1H3/t16-,17-/m0/s1. The summed E-state index contributed by atoms with van der Waals surface area (Å²) in [6.07, 6.45) is 5.49. The van der Waals surface area contributed by atoms with Crippen molar-refractivity contribution in [3.63, 3.8) is 0 Å². The summed E-state index contributed by atoms with van der Waals surface area (Å²) in [6, 6.07) is 6.78. The number of rotatable bonds is 4. The van der Waals surface area contributed by atoms with E-state index in [0.29, 0.717) is 12.0 Å². The van der Waals surface area contributed by atoms with Crippen LogP contribution >= 0.6 is 0 Å². The Bertz CT molecular complexity index is 628. The molecule has 0 amide bonds. The zero-order valence-electron chi connectivity index (χ0n) is 12.8. The second-order valence-electron chi connectivity index (χ2n) is 6.04. The molecule has 1 aliphatic rings. The molecule has 0 bridgehead atoms. The number of likely N-dealkylation sites (tertiary alicyclic amines) is 1. The van der Waals surface area contributed by atoms with Crippen LogP contribution in [0.15, 0.2) is 36.8 Å². The van der Waals surface area contributed by atoms with E-state index in [-0.39, 0.29) is 11.9 Å². The van der Waals surface area contributed by atoms with Crippen LogP contribution in [0.25, 0.3) is 0 Å². The first-order chi connectivity index (χ1) is 10.6. The van der Waals surface area contributed by atoms with Gasteiger partial charge in [0, 0.05) is 25.8 Å². The van der Waals surface area contributed by atoms with Gasteiger partial charge in [0.1, 0.15) is 5.82 Å². The van der Waals surface area contributed by atoms with E-state index in [1.54, 1.807) is 18.5 Å². The molecule has 1 aromatic heterocycles. The number of benzene rings is 1. The van der Waals surface area contributed by atoms with Gasteiger partial charge < -0.3 is 9.67 Å². The minimum atomic E-state index is -0.415. The van der Waals surface area contributed by atoms with Gasteiger partial charge in [-0.3, -0.25) is 4.90 Å². The van der Waals surface area contributed by atoms with Crippen LogP contribution in [0, 0.1) is 5.82 Å². The van der Waals surface area contributed by atoms with E-state index in [2.05, 4.69) is 9.88 Å². The van der Waals surface area contributed by atoms with Gasteiger partial charge in [-0.1, -0.05) is 18.2 Å². The van der Waals surface area contributed by atoms with E-state index in [1.165, 1.54) is 6.07 Å². The predicted octanol–water partition coefficient (Wildman–Crippen LogP) is 2.13. The number of halogens is 1. The molecule has 1 N–H and O–H groups in total. The van der Waals surface area contributed by atoms with Crippen LogP contribution in [0.3, 0.4) is 0 Å². The maximum absolute atomic E-state index is 13.9. The average Bonchev–Trinajstić information content (AvgIpc) is 2.90. The molecule has 0 radical (unpaired) electrons. The molecule has 3 rings (SSSR count). The highest BCUT2D eigenvalue weighted by molar-refractivity contribution is 5.19. The molecular weight excluding hydrogens is 281 g/mol. The molecule has 2 aromatic rings. The normalized spacial score (nSPS) is 22.9. The molecule has 1 fully saturated rings. The first kappa shape index (κ1) is 15.2. The van der Waals surface area contributed by atoms with Gasteiger partial charge in [-0.2, -0.15) is 0 Å². The Kier molecular flexibility index (Phi) is 4.55. The van der Waals surface area contributed by atoms with Crippen LogP contribution in [0.1, 0.15) is 24.1 Å². The minimum absolute atomic E-state index is 0.0550. The predicted molar refractivity (Wildman–Crippen MR) is 82.8 cm³/mol. The number of aliphatic hydroxyl groups is 1. The second-order valence-corrected chi connectivity index (χ2v) is 6.04. The molecule has 4 nitrogen and oxygen atoms in total. The molecule has 2 atom stereocenters. The fourth-order valence-corrected chi connectivity index (χ4v) is 3.20. The van der Waals surface area contributed by atoms with Crippen molar-refractivity contribution in [1.82, 2.24) is 14.5 Å². The molecule has 1 aliphatic heterocycles. The van der Waals surface area contributed by atoms with Crippen LogP contribution in [0.2, 0.25) is 0 Å². The topological polar surface area (TPSA) is 41.3 Å². The minimum Gasteiger partial charge on any atom is -0.391 e. The van der Waals surface area contributed by atoms with Crippen molar-refractivity contribution in [2.24, 2.45) is 7.05 Å². The van der Waals surface area contributed by atoms with Gasteiger partial charge in [-0.25, -0.2) is 9.37 Å². The molecule has 1 saturated heterocycles. The number of hydrogen-bond donors (Lipinski definition) is 1. The third-order valence-corrected chi connectivity index (χ3v) is 4.53. The number of aryl methyl sites for hydroxylation is 1. The van der Waals surface area contributed by atoms with Crippen molar-refractivity contribution in [2.75, 3.05) is 6.54 Å². The highest BCUT2D eigenvalue weighted by Gasteiger charge is 2.31. The third-order valence-electron chi connectivity index (χ3n) is 4.53. The van der Waals surface area contributed by atoms with E-state index in [0.717, 1.165) is 31.6 Å². The average molecular weight is 303 g/mol. The molecule has 5 heteroatoms. The van der Waals surface area contributed by atoms with Gasteiger partial charge >= 0.3 is 0 Å². The van der Waals surface area contributed by atoms with Crippen molar-refractivity contribution in [3.8, 4) is 0 Å². The van der Waals surface area contributed by atoms with Crippen LogP contribution in [0.4, 0.5) is 4.39 Å². The molecule has 0 unspecified atom stereocenters. The zero-order chi connectivity index (χ0) is 15.5. The maximum atomic E-state index is 13.9. The number of imidazole rings is 1. The largest absolute Gasteiger partial charge is 0.391 e. The van der Waals surface area contributed by atoms with Gasteiger partial charge in [0.25, 0.3) is 0 Å². The Hall–Kier alpha value is -1.72. The maximum Gasteiger partial charge on any atom is 0.126 e. The Morgan fingerprint density at radius 1 is 1.36 bits per heavy atom. The third kappa shape index (κ3) is 3.20. The lowest BCUT2D eigenvalue weighted by Gasteiger charge is -2.39. The molecule has 0 saturated carbocycles. The number of aliphatic hydroxyl groups excluding tert-OH is 1. The number of piperidine rings is 1. The fraction of sp³-hybridized carbons (Fsp3) is 0.471. The Labute approximate surface area is 130 Å². The number of nitrogens with zero attached hydrogens (tertiary/aromatic N) is 3. The van der Waals surface area contributed by atoms with Crippen molar-refractivity contribution < 1.29 is 9.50 Å². The molecular formula is C17H22FN3O. The fourth-order valence-electron chi connectivity index (χ4n) is 3.20. The smallest absolute Gasteiger partial charge is 0.126 e. The van der Waals surface area contributed by atoms with Crippen molar-refractivity contribution >= 4 is 0 Å². The Morgan fingerprint density at radius 3 is 2.91 bits per heavy atom. The summed E-state index contributed by atoms with van der Waals surface area (Å²) < 4.78 is 15.9. The van der Waals surface area contributed by atoms with Crippen molar-refractivity contribution in [1.29, 1.82) is 0 Å². The zero-order valence-corrected chi connectivity index (χ0v) is 12.8. The molecule has 118 valence electrons. The molecule has 0 aliphatic carbocycles. The van der Waals surface area contributed by atoms with E-state index < -0.39 is 6.10 Å². The van der Waals surface area contributed by atoms with Gasteiger partial charge in [0.15, 0.2) is 0 Å². The summed E-state index contributed by atoms with van der Waals surface area (Å²) >= 11 is 0. The van der Waals surface area contributed by atoms with Crippen LogP contribution in [0.5, 0.6) is 0 Å². The van der Waals surface area contributed by atoms with Gasteiger partial charge in [0.05, 0.1) is 18.1 Å². The summed E-state index contributed by atoms with van der Waals surface area (Å²) in [5.74, 6) is -0.194. The number of aromatic nitrogens is 2. The van der Waals surface area contributed by atoms with E-state index in [9.17, 15) is 9.50 Å². The Balaban J connectivity index is 1.78. The summed E-state index contributed by atoms with van der Waals surface area (Å²) in [5, 5.41) is 10.4. The SMILES string of the molecule is Cn1cncc1CN1CCC[C@H](O)[C@@H]1Cc1ccccc1F. The summed E-state index contributed by atoms with van der Waals surface area (Å²) in [6.45, 7) is 1.65. The van der Waals surface area contributed by atoms with Crippen LogP contribution < -0.4 is 0 Å². The van der Waals surface area contributed by atoms with Crippen molar-refractivity contribution in [2.45, 2.75) is 38.0 Å². The lowest BCUT2D eigenvalue weighted by molar-refractivity contribution is 0.00543.